The molecular weight excluding hydrogens is 264 g/mol. The maximum absolute atomic E-state index is 12.4. The zero-order valence-corrected chi connectivity index (χ0v) is 11.3. The van der Waals surface area contributed by atoms with Crippen molar-refractivity contribution in [1.82, 2.24) is 4.31 Å². The van der Waals surface area contributed by atoms with Crippen molar-refractivity contribution in [1.29, 1.82) is 5.26 Å². The second kappa shape index (κ2) is 5.70. The Kier molecular flexibility index (Phi) is 4.20. The van der Waals surface area contributed by atoms with Crippen molar-refractivity contribution in [2.45, 2.75) is 17.7 Å². The van der Waals surface area contributed by atoms with Crippen LogP contribution in [0.2, 0.25) is 0 Å². The van der Waals surface area contributed by atoms with Gasteiger partial charge in [0.1, 0.15) is 0 Å². The molecule has 1 aromatic carbocycles. The van der Waals surface area contributed by atoms with Crippen LogP contribution in [0, 0.1) is 17.2 Å². The highest BCUT2D eigenvalue weighted by Gasteiger charge is 2.29. The van der Waals surface area contributed by atoms with Gasteiger partial charge in [0.25, 0.3) is 0 Å². The van der Waals surface area contributed by atoms with Gasteiger partial charge in [-0.05, 0) is 43.0 Å². The number of hydrogen-bond donors (Lipinski definition) is 1. The van der Waals surface area contributed by atoms with E-state index in [1.54, 1.807) is 0 Å². The molecule has 0 amide bonds. The zero-order valence-electron chi connectivity index (χ0n) is 10.5. The van der Waals surface area contributed by atoms with Crippen LogP contribution in [0.1, 0.15) is 18.4 Å². The van der Waals surface area contributed by atoms with E-state index in [1.165, 1.54) is 28.6 Å². The summed E-state index contributed by atoms with van der Waals surface area (Å²) >= 11 is 0. The standard InChI is InChI=1S/C13H16N2O3S/c14-8-11-3-5-13(6-4-11)19(17,18)15-7-1-2-12(9-15)10-16/h3-6,12,16H,1-2,7,9-10H2. The average molecular weight is 280 g/mol. The number of sulfonamides is 1. The molecule has 1 N–H and O–H groups in total. The molecule has 1 atom stereocenters. The largest absolute Gasteiger partial charge is 0.396 e. The molecule has 1 aliphatic rings. The molecule has 102 valence electrons. The Labute approximate surface area is 113 Å². The van der Waals surface area contributed by atoms with Crippen molar-refractivity contribution in [2.24, 2.45) is 5.92 Å². The summed E-state index contributed by atoms with van der Waals surface area (Å²) in [6, 6.07) is 7.87. The summed E-state index contributed by atoms with van der Waals surface area (Å²) in [6.45, 7) is 0.858. The number of nitrogens with zero attached hydrogens (tertiary/aromatic N) is 2. The monoisotopic (exact) mass is 280 g/mol. The van der Waals surface area contributed by atoms with Crippen LogP contribution in [0.25, 0.3) is 0 Å². The topological polar surface area (TPSA) is 81.4 Å². The molecule has 0 spiro atoms. The van der Waals surface area contributed by atoms with Crippen LogP contribution >= 0.6 is 0 Å². The maximum atomic E-state index is 12.4. The van der Waals surface area contributed by atoms with Crippen molar-refractivity contribution in [2.75, 3.05) is 19.7 Å². The molecule has 1 aliphatic heterocycles. The van der Waals surface area contributed by atoms with Gasteiger partial charge in [0.2, 0.25) is 10.0 Å². The SMILES string of the molecule is N#Cc1ccc(S(=O)(=O)N2CCCC(CO)C2)cc1. The first-order valence-electron chi connectivity index (χ1n) is 6.19. The van der Waals surface area contributed by atoms with Crippen molar-refractivity contribution in [3.63, 3.8) is 0 Å². The predicted octanol–water partition coefficient (Wildman–Crippen LogP) is 0.951. The minimum atomic E-state index is -3.52. The van der Waals surface area contributed by atoms with Gasteiger partial charge >= 0.3 is 0 Å². The summed E-state index contributed by atoms with van der Waals surface area (Å²) in [7, 11) is -3.52. The van der Waals surface area contributed by atoms with Crippen LogP contribution in [-0.4, -0.2) is 37.5 Å². The Morgan fingerprint density at radius 1 is 1.37 bits per heavy atom. The summed E-state index contributed by atoms with van der Waals surface area (Å²) in [6.07, 6.45) is 1.62. The van der Waals surface area contributed by atoms with Crippen LogP contribution in [0.5, 0.6) is 0 Å². The van der Waals surface area contributed by atoms with Gasteiger partial charge in [0.15, 0.2) is 0 Å². The molecule has 0 aromatic heterocycles. The van der Waals surface area contributed by atoms with Crippen LogP contribution in [-0.2, 0) is 10.0 Å². The van der Waals surface area contributed by atoms with Gasteiger partial charge in [0, 0.05) is 19.7 Å². The third-order valence-corrected chi connectivity index (χ3v) is 5.24. The summed E-state index contributed by atoms with van der Waals surface area (Å²) in [5.74, 6) is 0.0157. The number of benzene rings is 1. The van der Waals surface area contributed by atoms with Crippen LogP contribution in [0.15, 0.2) is 29.2 Å². The highest BCUT2D eigenvalue weighted by atomic mass is 32.2. The molecule has 0 aliphatic carbocycles. The van der Waals surface area contributed by atoms with Gasteiger partial charge < -0.3 is 5.11 Å². The summed E-state index contributed by atoms with van der Waals surface area (Å²) in [4.78, 5) is 0.199. The van der Waals surface area contributed by atoms with E-state index in [-0.39, 0.29) is 17.4 Å². The minimum absolute atomic E-state index is 0.0133. The Bertz CT molecular complexity index is 575. The van der Waals surface area contributed by atoms with Gasteiger partial charge in [-0.15, -0.1) is 0 Å². The number of hydrogen-bond acceptors (Lipinski definition) is 4. The van der Waals surface area contributed by atoms with E-state index < -0.39 is 10.0 Å². The molecule has 1 unspecified atom stereocenters. The number of piperidine rings is 1. The molecule has 6 heteroatoms. The quantitative estimate of drug-likeness (QED) is 0.893. The molecule has 0 saturated carbocycles. The van der Waals surface area contributed by atoms with Gasteiger partial charge in [0.05, 0.1) is 16.5 Å². The fourth-order valence-electron chi connectivity index (χ4n) is 2.24. The summed E-state index contributed by atoms with van der Waals surface area (Å²) in [5, 5.41) is 17.9. The minimum Gasteiger partial charge on any atom is -0.396 e. The van der Waals surface area contributed by atoms with E-state index in [2.05, 4.69) is 0 Å². The second-order valence-corrected chi connectivity index (χ2v) is 6.63. The fourth-order valence-corrected chi connectivity index (χ4v) is 3.80. The lowest BCUT2D eigenvalue weighted by molar-refractivity contribution is 0.165. The van der Waals surface area contributed by atoms with Crippen molar-refractivity contribution >= 4 is 10.0 Å². The first kappa shape index (κ1) is 14.0. The van der Waals surface area contributed by atoms with E-state index in [1.807, 2.05) is 6.07 Å². The van der Waals surface area contributed by atoms with Crippen LogP contribution in [0.3, 0.4) is 0 Å². The van der Waals surface area contributed by atoms with Crippen molar-refractivity contribution < 1.29 is 13.5 Å². The van der Waals surface area contributed by atoms with E-state index in [0.29, 0.717) is 18.7 Å². The highest BCUT2D eigenvalue weighted by molar-refractivity contribution is 7.89. The van der Waals surface area contributed by atoms with Crippen LogP contribution in [0.4, 0.5) is 0 Å². The smallest absolute Gasteiger partial charge is 0.243 e. The number of nitriles is 1. The summed E-state index contributed by atoms with van der Waals surface area (Å²) in [5.41, 5.74) is 0.436. The molecule has 1 heterocycles. The molecule has 0 radical (unpaired) electrons. The normalized spacial score (nSPS) is 20.9. The third kappa shape index (κ3) is 2.95. The van der Waals surface area contributed by atoms with Crippen molar-refractivity contribution in [3.05, 3.63) is 29.8 Å². The third-order valence-electron chi connectivity index (χ3n) is 3.36. The first-order chi connectivity index (χ1) is 9.07. The van der Waals surface area contributed by atoms with Gasteiger partial charge in [-0.25, -0.2) is 8.42 Å². The Balaban J connectivity index is 2.23. The second-order valence-electron chi connectivity index (χ2n) is 4.69. The lowest BCUT2D eigenvalue weighted by Gasteiger charge is -2.30. The van der Waals surface area contributed by atoms with Gasteiger partial charge in [-0.1, -0.05) is 0 Å². The van der Waals surface area contributed by atoms with E-state index in [9.17, 15) is 8.42 Å². The van der Waals surface area contributed by atoms with E-state index >= 15 is 0 Å². The maximum Gasteiger partial charge on any atom is 0.243 e. The lowest BCUT2D eigenvalue weighted by atomic mass is 10.0. The van der Waals surface area contributed by atoms with Gasteiger partial charge in [-0.3, -0.25) is 0 Å². The zero-order chi connectivity index (χ0) is 13.9. The number of aliphatic hydroxyl groups excluding tert-OH is 1. The molecule has 1 aromatic rings. The molecule has 19 heavy (non-hydrogen) atoms. The van der Waals surface area contributed by atoms with E-state index in [0.717, 1.165) is 12.8 Å². The van der Waals surface area contributed by atoms with Gasteiger partial charge in [-0.2, -0.15) is 9.57 Å². The average Bonchev–Trinajstić information content (AvgIpc) is 2.47. The molecular formula is C13H16N2O3S. The Morgan fingerprint density at radius 3 is 2.63 bits per heavy atom. The molecule has 1 fully saturated rings. The number of rotatable bonds is 3. The Morgan fingerprint density at radius 2 is 2.05 bits per heavy atom. The molecule has 5 nitrogen and oxygen atoms in total. The first-order valence-corrected chi connectivity index (χ1v) is 7.63. The van der Waals surface area contributed by atoms with E-state index in [4.69, 9.17) is 10.4 Å². The Hall–Kier alpha value is -1.42. The summed E-state index contributed by atoms with van der Waals surface area (Å²) < 4.78 is 26.2. The lowest BCUT2D eigenvalue weighted by Crippen LogP contribution is -2.40. The molecule has 2 rings (SSSR count). The fraction of sp³-hybridized carbons (Fsp3) is 0.462. The number of aliphatic hydroxyl groups is 1. The highest BCUT2D eigenvalue weighted by Crippen LogP contribution is 2.23. The molecule has 0 bridgehead atoms. The van der Waals surface area contributed by atoms with Crippen molar-refractivity contribution in [3.8, 4) is 6.07 Å². The van der Waals surface area contributed by atoms with Crippen LogP contribution < -0.4 is 0 Å². The molecule has 1 saturated heterocycles. The predicted molar refractivity (Wildman–Crippen MR) is 69.7 cm³/mol.